The number of hydrogen-bond acceptors (Lipinski definition) is 3. The SMILES string of the molecule is CCCOCC(Cc1cc(Cl)ccc1OC)NC. The monoisotopic (exact) mass is 271 g/mol. The molecule has 0 spiro atoms. The van der Waals surface area contributed by atoms with Gasteiger partial charge in [-0.2, -0.15) is 0 Å². The van der Waals surface area contributed by atoms with Crippen molar-refractivity contribution in [3.63, 3.8) is 0 Å². The second-order valence-corrected chi connectivity index (χ2v) is 4.66. The van der Waals surface area contributed by atoms with Gasteiger partial charge >= 0.3 is 0 Å². The van der Waals surface area contributed by atoms with E-state index in [1.54, 1.807) is 7.11 Å². The summed E-state index contributed by atoms with van der Waals surface area (Å²) >= 11 is 6.02. The van der Waals surface area contributed by atoms with Crippen molar-refractivity contribution in [3.05, 3.63) is 28.8 Å². The largest absolute Gasteiger partial charge is 0.496 e. The minimum absolute atomic E-state index is 0.268. The first-order chi connectivity index (χ1) is 8.71. The van der Waals surface area contributed by atoms with Gasteiger partial charge in [0.1, 0.15) is 5.75 Å². The number of halogens is 1. The van der Waals surface area contributed by atoms with E-state index in [0.29, 0.717) is 6.61 Å². The van der Waals surface area contributed by atoms with Gasteiger partial charge in [-0.25, -0.2) is 0 Å². The average Bonchev–Trinajstić information content (AvgIpc) is 2.38. The number of benzene rings is 1. The molecule has 1 aromatic rings. The molecule has 4 heteroatoms. The lowest BCUT2D eigenvalue weighted by atomic mass is 10.1. The van der Waals surface area contributed by atoms with Crippen LogP contribution in [0.25, 0.3) is 0 Å². The maximum Gasteiger partial charge on any atom is 0.122 e. The molecule has 0 fully saturated rings. The summed E-state index contributed by atoms with van der Waals surface area (Å²) in [4.78, 5) is 0. The van der Waals surface area contributed by atoms with E-state index in [1.807, 2.05) is 25.2 Å². The van der Waals surface area contributed by atoms with Crippen molar-refractivity contribution in [2.24, 2.45) is 0 Å². The minimum atomic E-state index is 0.268. The third kappa shape index (κ3) is 4.84. The van der Waals surface area contributed by atoms with Gasteiger partial charge in [-0.15, -0.1) is 0 Å². The first-order valence-electron chi connectivity index (χ1n) is 6.28. The molecule has 18 heavy (non-hydrogen) atoms. The van der Waals surface area contributed by atoms with E-state index in [-0.39, 0.29) is 6.04 Å². The van der Waals surface area contributed by atoms with Crippen LogP contribution < -0.4 is 10.1 Å². The van der Waals surface area contributed by atoms with Crippen LogP contribution in [0.3, 0.4) is 0 Å². The van der Waals surface area contributed by atoms with Crippen molar-refractivity contribution >= 4 is 11.6 Å². The lowest BCUT2D eigenvalue weighted by Crippen LogP contribution is -2.32. The van der Waals surface area contributed by atoms with Gasteiger partial charge in [-0.1, -0.05) is 18.5 Å². The first-order valence-corrected chi connectivity index (χ1v) is 6.66. The zero-order valence-electron chi connectivity index (χ0n) is 11.3. The number of likely N-dealkylation sites (N-methyl/N-ethyl adjacent to an activating group) is 1. The van der Waals surface area contributed by atoms with Crippen LogP contribution >= 0.6 is 11.6 Å². The van der Waals surface area contributed by atoms with Crippen molar-refractivity contribution in [1.82, 2.24) is 5.32 Å². The Morgan fingerprint density at radius 3 is 2.78 bits per heavy atom. The van der Waals surface area contributed by atoms with Crippen molar-refractivity contribution in [2.75, 3.05) is 27.4 Å². The fourth-order valence-corrected chi connectivity index (χ4v) is 1.98. The normalized spacial score (nSPS) is 12.4. The van der Waals surface area contributed by atoms with Crippen LogP contribution in [0, 0.1) is 0 Å². The summed E-state index contributed by atoms with van der Waals surface area (Å²) in [5, 5.41) is 3.99. The summed E-state index contributed by atoms with van der Waals surface area (Å²) in [5.74, 6) is 0.871. The van der Waals surface area contributed by atoms with E-state index in [0.717, 1.165) is 35.8 Å². The van der Waals surface area contributed by atoms with Crippen molar-refractivity contribution in [1.29, 1.82) is 0 Å². The average molecular weight is 272 g/mol. The second kappa shape index (κ2) is 8.35. The zero-order chi connectivity index (χ0) is 13.4. The summed E-state index contributed by atoms with van der Waals surface area (Å²) < 4.78 is 10.9. The summed E-state index contributed by atoms with van der Waals surface area (Å²) in [7, 11) is 3.62. The molecule has 0 bridgehead atoms. The highest BCUT2D eigenvalue weighted by atomic mass is 35.5. The molecule has 0 saturated heterocycles. The first kappa shape index (κ1) is 15.3. The number of rotatable bonds is 8. The zero-order valence-corrected chi connectivity index (χ0v) is 12.1. The van der Waals surface area contributed by atoms with E-state index >= 15 is 0 Å². The maximum absolute atomic E-state index is 6.02. The Labute approximate surface area is 114 Å². The van der Waals surface area contributed by atoms with Crippen molar-refractivity contribution in [2.45, 2.75) is 25.8 Å². The summed E-state index contributed by atoms with van der Waals surface area (Å²) in [6.07, 6.45) is 1.88. The highest BCUT2D eigenvalue weighted by Crippen LogP contribution is 2.23. The molecule has 0 saturated carbocycles. The fourth-order valence-electron chi connectivity index (χ4n) is 1.79. The van der Waals surface area contributed by atoms with Gasteiger partial charge in [-0.05, 0) is 43.7 Å². The standard InChI is InChI=1S/C14H22ClNO2/c1-4-7-18-10-13(16-2)9-11-8-12(15)5-6-14(11)17-3/h5-6,8,13,16H,4,7,9-10H2,1-3H3. The van der Waals surface area contributed by atoms with Crippen LogP contribution in [-0.2, 0) is 11.2 Å². The maximum atomic E-state index is 6.02. The predicted octanol–water partition coefficient (Wildman–Crippen LogP) is 2.91. The van der Waals surface area contributed by atoms with Crippen LogP contribution in [0.4, 0.5) is 0 Å². The molecule has 0 aliphatic rings. The van der Waals surface area contributed by atoms with E-state index < -0.39 is 0 Å². The number of ether oxygens (including phenoxy) is 2. The van der Waals surface area contributed by atoms with Gasteiger partial charge in [0.15, 0.2) is 0 Å². The lowest BCUT2D eigenvalue weighted by molar-refractivity contribution is 0.113. The summed E-state index contributed by atoms with van der Waals surface area (Å²) in [6, 6.07) is 5.96. The molecule has 1 atom stereocenters. The highest BCUT2D eigenvalue weighted by Gasteiger charge is 2.11. The van der Waals surface area contributed by atoms with Crippen LogP contribution in [0.2, 0.25) is 5.02 Å². The van der Waals surface area contributed by atoms with E-state index in [4.69, 9.17) is 21.1 Å². The third-order valence-electron chi connectivity index (χ3n) is 2.78. The van der Waals surface area contributed by atoms with Crippen LogP contribution in [0.1, 0.15) is 18.9 Å². The Kier molecular flexibility index (Phi) is 7.09. The molecule has 102 valence electrons. The van der Waals surface area contributed by atoms with Crippen LogP contribution in [-0.4, -0.2) is 33.4 Å². The molecule has 0 aliphatic heterocycles. The Hall–Kier alpha value is -0.770. The summed E-state index contributed by atoms with van der Waals surface area (Å²) in [6.45, 7) is 3.60. The van der Waals surface area contributed by atoms with Gasteiger partial charge in [-0.3, -0.25) is 0 Å². The van der Waals surface area contributed by atoms with Gasteiger partial charge in [0.2, 0.25) is 0 Å². The number of nitrogens with one attached hydrogen (secondary N) is 1. The van der Waals surface area contributed by atoms with E-state index in [9.17, 15) is 0 Å². The smallest absolute Gasteiger partial charge is 0.122 e. The second-order valence-electron chi connectivity index (χ2n) is 4.22. The predicted molar refractivity (Wildman–Crippen MR) is 75.7 cm³/mol. The van der Waals surface area contributed by atoms with Crippen LogP contribution in [0.15, 0.2) is 18.2 Å². The Balaban J connectivity index is 2.65. The lowest BCUT2D eigenvalue weighted by Gasteiger charge is -2.18. The number of hydrogen-bond donors (Lipinski definition) is 1. The van der Waals surface area contributed by atoms with Gasteiger partial charge in [0.25, 0.3) is 0 Å². The molecular weight excluding hydrogens is 250 g/mol. The van der Waals surface area contributed by atoms with E-state index in [2.05, 4.69) is 12.2 Å². The Morgan fingerprint density at radius 2 is 2.17 bits per heavy atom. The van der Waals surface area contributed by atoms with Gasteiger partial charge in [0.05, 0.1) is 13.7 Å². The van der Waals surface area contributed by atoms with E-state index in [1.165, 1.54) is 0 Å². The molecule has 3 nitrogen and oxygen atoms in total. The molecule has 1 rings (SSSR count). The topological polar surface area (TPSA) is 30.5 Å². The molecule has 1 unspecified atom stereocenters. The molecule has 0 amide bonds. The fraction of sp³-hybridized carbons (Fsp3) is 0.571. The van der Waals surface area contributed by atoms with Crippen molar-refractivity contribution < 1.29 is 9.47 Å². The molecule has 0 heterocycles. The molecule has 0 aromatic heterocycles. The van der Waals surface area contributed by atoms with Gasteiger partial charge < -0.3 is 14.8 Å². The Bertz CT molecular complexity index is 358. The number of methoxy groups -OCH3 is 1. The quantitative estimate of drug-likeness (QED) is 0.738. The molecule has 0 radical (unpaired) electrons. The Morgan fingerprint density at radius 1 is 1.39 bits per heavy atom. The van der Waals surface area contributed by atoms with Crippen LogP contribution in [0.5, 0.6) is 5.75 Å². The minimum Gasteiger partial charge on any atom is -0.496 e. The molecular formula is C14H22ClNO2. The third-order valence-corrected chi connectivity index (χ3v) is 3.02. The molecule has 1 N–H and O–H groups in total. The molecule has 1 aromatic carbocycles. The van der Waals surface area contributed by atoms with Gasteiger partial charge in [0, 0.05) is 17.7 Å². The highest BCUT2D eigenvalue weighted by molar-refractivity contribution is 6.30. The molecule has 0 aliphatic carbocycles. The summed E-state index contributed by atoms with van der Waals surface area (Å²) in [5.41, 5.74) is 1.10. The van der Waals surface area contributed by atoms with Crippen molar-refractivity contribution in [3.8, 4) is 5.75 Å².